The van der Waals surface area contributed by atoms with E-state index in [1.165, 1.54) is 11.8 Å². The predicted octanol–water partition coefficient (Wildman–Crippen LogP) is 3.41. The van der Waals surface area contributed by atoms with Crippen LogP contribution in [-0.4, -0.2) is 26.4 Å². The molecule has 0 aliphatic rings. The smallest absolute Gasteiger partial charge is 0.234 e. The topological polar surface area (TPSA) is 59.8 Å². The number of aromatic nitrogens is 3. The van der Waals surface area contributed by atoms with Crippen molar-refractivity contribution in [2.24, 2.45) is 0 Å². The molecule has 0 aliphatic heterocycles. The van der Waals surface area contributed by atoms with E-state index in [2.05, 4.69) is 22.1 Å². The largest absolute Gasteiger partial charge is 0.325 e. The molecule has 1 aromatic carbocycles. The van der Waals surface area contributed by atoms with E-state index >= 15 is 0 Å². The van der Waals surface area contributed by atoms with E-state index in [4.69, 9.17) is 11.6 Å². The number of rotatable bonds is 7. The van der Waals surface area contributed by atoms with Crippen LogP contribution < -0.4 is 5.32 Å². The highest BCUT2D eigenvalue weighted by atomic mass is 35.5. The zero-order chi connectivity index (χ0) is 15.9. The van der Waals surface area contributed by atoms with Crippen LogP contribution in [-0.2, 0) is 17.8 Å². The van der Waals surface area contributed by atoms with E-state index in [9.17, 15) is 4.79 Å². The number of benzene rings is 1. The second kappa shape index (κ2) is 8.00. The molecular formula is C15H17ClN4OS. The van der Waals surface area contributed by atoms with Crippen molar-refractivity contribution in [3.8, 4) is 0 Å². The van der Waals surface area contributed by atoms with E-state index in [0.29, 0.717) is 11.6 Å². The molecule has 0 radical (unpaired) electrons. The summed E-state index contributed by atoms with van der Waals surface area (Å²) in [7, 11) is 0. The fourth-order valence-corrected chi connectivity index (χ4v) is 2.75. The number of hydrogen-bond donors (Lipinski definition) is 1. The molecule has 1 heterocycles. The van der Waals surface area contributed by atoms with Crippen molar-refractivity contribution in [1.29, 1.82) is 0 Å². The molecule has 7 heteroatoms. The van der Waals surface area contributed by atoms with Gasteiger partial charge in [0.15, 0.2) is 5.16 Å². The number of thioether (sulfide) groups is 1. The number of halogens is 1. The molecule has 0 atom stereocenters. The Morgan fingerprint density at radius 2 is 2.14 bits per heavy atom. The Morgan fingerprint density at radius 3 is 2.77 bits per heavy atom. The van der Waals surface area contributed by atoms with Crippen LogP contribution in [0.2, 0.25) is 5.02 Å². The normalized spacial score (nSPS) is 10.5. The number of hydrogen-bond acceptors (Lipinski definition) is 4. The quantitative estimate of drug-likeness (QED) is 0.621. The second-order valence-electron chi connectivity index (χ2n) is 4.50. The van der Waals surface area contributed by atoms with Crippen molar-refractivity contribution in [2.45, 2.75) is 25.0 Å². The molecule has 1 N–H and O–H groups in total. The lowest BCUT2D eigenvalue weighted by molar-refractivity contribution is -0.113. The van der Waals surface area contributed by atoms with Crippen LogP contribution in [0, 0.1) is 0 Å². The Bertz CT molecular complexity index is 654. The van der Waals surface area contributed by atoms with Gasteiger partial charge in [0, 0.05) is 23.7 Å². The summed E-state index contributed by atoms with van der Waals surface area (Å²) in [5.41, 5.74) is 0.719. The molecule has 1 aromatic heterocycles. The van der Waals surface area contributed by atoms with Crippen LogP contribution in [0.4, 0.5) is 5.69 Å². The summed E-state index contributed by atoms with van der Waals surface area (Å²) in [6.07, 6.45) is 2.58. The maximum Gasteiger partial charge on any atom is 0.234 e. The van der Waals surface area contributed by atoms with Gasteiger partial charge in [-0.3, -0.25) is 4.79 Å². The van der Waals surface area contributed by atoms with Crippen LogP contribution in [0.25, 0.3) is 0 Å². The maximum absolute atomic E-state index is 12.0. The summed E-state index contributed by atoms with van der Waals surface area (Å²) in [6, 6.07) is 7.00. The maximum atomic E-state index is 12.0. The Kier molecular flexibility index (Phi) is 6.03. The van der Waals surface area contributed by atoms with E-state index in [0.717, 1.165) is 23.1 Å². The monoisotopic (exact) mass is 336 g/mol. The summed E-state index contributed by atoms with van der Waals surface area (Å²) in [4.78, 5) is 12.0. The van der Waals surface area contributed by atoms with E-state index < -0.39 is 0 Å². The fourth-order valence-electron chi connectivity index (χ4n) is 1.86. The van der Waals surface area contributed by atoms with Gasteiger partial charge in [-0.2, -0.15) is 0 Å². The predicted molar refractivity (Wildman–Crippen MR) is 90.4 cm³/mol. The third kappa shape index (κ3) is 4.35. The Labute approximate surface area is 138 Å². The van der Waals surface area contributed by atoms with Gasteiger partial charge >= 0.3 is 0 Å². The molecule has 0 saturated heterocycles. The highest BCUT2D eigenvalue weighted by molar-refractivity contribution is 7.99. The molecule has 1 amide bonds. The summed E-state index contributed by atoms with van der Waals surface area (Å²) < 4.78 is 1.97. The molecule has 2 aromatic rings. The minimum Gasteiger partial charge on any atom is -0.325 e. The van der Waals surface area contributed by atoms with E-state index in [-0.39, 0.29) is 11.7 Å². The summed E-state index contributed by atoms with van der Waals surface area (Å²) in [5, 5.41) is 12.4. The number of anilines is 1. The molecule has 0 spiro atoms. The SMILES string of the molecule is C=CCn1c(CC)nnc1SCC(=O)Nc1ccc(Cl)cc1. The molecule has 0 saturated carbocycles. The summed E-state index contributed by atoms with van der Waals surface area (Å²) in [6.45, 7) is 6.39. The average molecular weight is 337 g/mol. The second-order valence-corrected chi connectivity index (χ2v) is 5.87. The van der Waals surface area contributed by atoms with E-state index in [1.54, 1.807) is 30.3 Å². The van der Waals surface area contributed by atoms with Gasteiger partial charge in [0.2, 0.25) is 5.91 Å². The van der Waals surface area contributed by atoms with Crippen LogP contribution in [0.15, 0.2) is 42.1 Å². The number of nitrogens with one attached hydrogen (secondary N) is 1. The first-order valence-corrected chi connectivity index (χ1v) is 8.21. The Balaban J connectivity index is 1.94. The highest BCUT2D eigenvalue weighted by Gasteiger charge is 2.12. The zero-order valence-corrected chi connectivity index (χ0v) is 13.8. The van der Waals surface area contributed by atoms with Gasteiger partial charge in [-0.1, -0.05) is 36.4 Å². The van der Waals surface area contributed by atoms with E-state index in [1.807, 2.05) is 11.5 Å². The van der Waals surface area contributed by atoms with Gasteiger partial charge in [0.1, 0.15) is 5.82 Å². The Hall–Kier alpha value is -1.79. The molecule has 2 rings (SSSR count). The fraction of sp³-hybridized carbons (Fsp3) is 0.267. The van der Waals surface area contributed by atoms with Crippen LogP contribution >= 0.6 is 23.4 Å². The third-order valence-corrected chi connectivity index (χ3v) is 4.10. The van der Waals surface area contributed by atoms with Gasteiger partial charge < -0.3 is 9.88 Å². The van der Waals surface area contributed by atoms with Gasteiger partial charge in [-0.05, 0) is 24.3 Å². The molecule has 0 unspecified atom stereocenters. The lowest BCUT2D eigenvalue weighted by Gasteiger charge is -2.07. The zero-order valence-electron chi connectivity index (χ0n) is 12.3. The van der Waals surface area contributed by atoms with Crippen molar-refractivity contribution >= 4 is 35.0 Å². The standard InChI is InChI=1S/C15H17ClN4OS/c1-3-9-20-13(4-2)18-19-15(20)22-10-14(21)17-12-7-5-11(16)6-8-12/h3,5-8H,1,4,9-10H2,2H3,(H,17,21). The summed E-state index contributed by atoms with van der Waals surface area (Å²) >= 11 is 7.17. The van der Waals surface area contributed by atoms with Gasteiger partial charge in [0.05, 0.1) is 5.75 Å². The molecule has 0 fully saturated rings. The molecule has 0 aliphatic carbocycles. The van der Waals surface area contributed by atoms with Crippen molar-refractivity contribution in [2.75, 3.05) is 11.1 Å². The molecule has 5 nitrogen and oxygen atoms in total. The number of amides is 1. The number of aryl methyl sites for hydroxylation is 1. The molecule has 0 bridgehead atoms. The number of allylic oxidation sites excluding steroid dienone is 1. The van der Waals surface area contributed by atoms with Crippen molar-refractivity contribution in [1.82, 2.24) is 14.8 Å². The van der Waals surface area contributed by atoms with Crippen LogP contribution in [0.5, 0.6) is 0 Å². The van der Waals surface area contributed by atoms with Crippen LogP contribution in [0.1, 0.15) is 12.7 Å². The van der Waals surface area contributed by atoms with Crippen molar-refractivity contribution in [3.63, 3.8) is 0 Å². The lowest BCUT2D eigenvalue weighted by Crippen LogP contribution is -2.14. The molecule has 116 valence electrons. The summed E-state index contributed by atoms with van der Waals surface area (Å²) in [5.74, 6) is 1.06. The van der Waals surface area contributed by atoms with Gasteiger partial charge in [-0.15, -0.1) is 16.8 Å². The van der Waals surface area contributed by atoms with Gasteiger partial charge in [-0.25, -0.2) is 0 Å². The first kappa shape index (κ1) is 16.6. The average Bonchev–Trinajstić information content (AvgIpc) is 2.90. The van der Waals surface area contributed by atoms with Crippen molar-refractivity contribution in [3.05, 3.63) is 47.8 Å². The van der Waals surface area contributed by atoms with Crippen molar-refractivity contribution < 1.29 is 4.79 Å². The lowest BCUT2D eigenvalue weighted by atomic mass is 10.3. The minimum atomic E-state index is -0.0986. The highest BCUT2D eigenvalue weighted by Crippen LogP contribution is 2.18. The number of carbonyl (C=O) groups excluding carboxylic acids is 1. The Morgan fingerprint density at radius 1 is 1.41 bits per heavy atom. The number of nitrogens with zero attached hydrogens (tertiary/aromatic N) is 3. The number of carbonyl (C=O) groups is 1. The third-order valence-electron chi connectivity index (χ3n) is 2.88. The minimum absolute atomic E-state index is 0.0986. The van der Waals surface area contributed by atoms with Crippen LogP contribution in [0.3, 0.4) is 0 Å². The first-order valence-electron chi connectivity index (χ1n) is 6.85. The molecule has 22 heavy (non-hydrogen) atoms. The van der Waals surface area contributed by atoms with Gasteiger partial charge in [0.25, 0.3) is 0 Å². The molecular weight excluding hydrogens is 320 g/mol. The first-order chi connectivity index (χ1) is 10.6.